The molecule has 1 aromatic rings. The van der Waals surface area contributed by atoms with E-state index in [1.54, 1.807) is 11.4 Å². The maximum atomic E-state index is 5.16. The first kappa shape index (κ1) is 7.92. The van der Waals surface area contributed by atoms with Gasteiger partial charge in [0.15, 0.2) is 0 Å². The molecule has 0 aliphatic heterocycles. The van der Waals surface area contributed by atoms with Crippen molar-refractivity contribution in [1.29, 1.82) is 0 Å². The van der Waals surface area contributed by atoms with Crippen LogP contribution in [0.25, 0.3) is 12.2 Å². The number of aromatic nitrogens is 1. The first-order valence-electron chi connectivity index (χ1n) is 4.11. The lowest BCUT2D eigenvalue weighted by Crippen LogP contribution is -2.33. The van der Waals surface area contributed by atoms with Crippen LogP contribution in [-0.2, 0) is 0 Å². The third-order valence-corrected chi connectivity index (χ3v) is 2.09. The fraction of sp³-hybridized carbons (Fsp3) is 0.0909. The molecule has 2 rings (SSSR count). The normalized spacial score (nSPS) is 13.3. The number of rotatable bonds is 1. The molecular formula is C11H11NO. The summed E-state index contributed by atoms with van der Waals surface area (Å²) < 4.78 is 6.95. The molecule has 0 aromatic carbocycles. The largest absolute Gasteiger partial charge is 0.491 e. The molecule has 1 heterocycles. The van der Waals surface area contributed by atoms with Gasteiger partial charge in [-0.25, -0.2) is 0 Å². The van der Waals surface area contributed by atoms with Gasteiger partial charge >= 0.3 is 0 Å². The van der Waals surface area contributed by atoms with E-state index in [9.17, 15) is 0 Å². The van der Waals surface area contributed by atoms with Gasteiger partial charge in [0.25, 0.3) is 5.88 Å². The van der Waals surface area contributed by atoms with Crippen molar-refractivity contribution in [1.82, 2.24) is 0 Å². The molecule has 0 unspecified atom stereocenters. The predicted molar refractivity (Wildman–Crippen MR) is 51.8 cm³/mol. The zero-order valence-electron chi connectivity index (χ0n) is 7.53. The number of nitrogens with zero attached hydrogens (tertiary/aromatic N) is 1. The molecule has 66 valence electrons. The molecule has 0 fully saturated rings. The van der Waals surface area contributed by atoms with E-state index in [2.05, 4.69) is 6.72 Å². The van der Waals surface area contributed by atoms with Gasteiger partial charge in [0.1, 0.15) is 5.35 Å². The number of methoxy groups -OCH3 is 1. The summed E-state index contributed by atoms with van der Waals surface area (Å²) in [5.41, 5.74) is 1.14. The smallest absolute Gasteiger partial charge is 0.281 e. The Morgan fingerprint density at radius 1 is 1.38 bits per heavy atom. The van der Waals surface area contributed by atoms with E-state index < -0.39 is 0 Å². The van der Waals surface area contributed by atoms with Crippen molar-refractivity contribution in [3.8, 4) is 5.88 Å². The van der Waals surface area contributed by atoms with Crippen molar-refractivity contribution in [2.24, 2.45) is 0 Å². The number of hydrogen-bond acceptors (Lipinski definition) is 1. The van der Waals surface area contributed by atoms with E-state index in [1.807, 2.05) is 36.4 Å². The molecule has 0 atom stereocenters. The summed E-state index contributed by atoms with van der Waals surface area (Å²) >= 11 is 0. The summed E-state index contributed by atoms with van der Waals surface area (Å²) in [6.07, 6.45) is 10.0. The average Bonchev–Trinajstić information content (AvgIpc) is 2.37. The van der Waals surface area contributed by atoms with E-state index in [0.29, 0.717) is 0 Å². The van der Waals surface area contributed by atoms with Crippen molar-refractivity contribution in [3.63, 3.8) is 0 Å². The molecule has 0 bridgehead atoms. The van der Waals surface area contributed by atoms with Crippen LogP contribution < -0.4 is 14.3 Å². The monoisotopic (exact) mass is 173 g/mol. The van der Waals surface area contributed by atoms with Crippen LogP contribution in [0.3, 0.4) is 0 Å². The molecule has 2 heteroatoms. The van der Waals surface area contributed by atoms with Gasteiger partial charge in [-0.05, 0) is 12.1 Å². The molecule has 0 saturated heterocycles. The molecule has 1 aromatic heterocycles. The fourth-order valence-corrected chi connectivity index (χ4v) is 1.42. The third kappa shape index (κ3) is 1.20. The topological polar surface area (TPSA) is 15.1 Å². The summed E-state index contributed by atoms with van der Waals surface area (Å²) in [5, 5.41) is 1.07. The van der Waals surface area contributed by atoms with Gasteiger partial charge in [0.2, 0.25) is 0 Å². The van der Waals surface area contributed by atoms with Crippen molar-refractivity contribution in [2.75, 3.05) is 7.11 Å². The first-order valence-corrected chi connectivity index (χ1v) is 4.11. The Labute approximate surface area is 76.8 Å². The number of allylic oxidation sites excluding steroid dienone is 3. The summed E-state index contributed by atoms with van der Waals surface area (Å²) in [7, 11) is 1.65. The highest BCUT2D eigenvalue weighted by atomic mass is 16.5. The van der Waals surface area contributed by atoms with E-state index in [0.717, 1.165) is 16.8 Å². The second kappa shape index (κ2) is 2.98. The van der Waals surface area contributed by atoms with Crippen LogP contribution in [0.5, 0.6) is 5.88 Å². The molecule has 0 radical (unpaired) electrons. The van der Waals surface area contributed by atoms with Crippen molar-refractivity contribution in [3.05, 3.63) is 41.9 Å². The van der Waals surface area contributed by atoms with Crippen molar-refractivity contribution >= 4 is 12.2 Å². The van der Waals surface area contributed by atoms with Crippen LogP contribution >= 0.6 is 0 Å². The highest BCUT2D eigenvalue weighted by Crippen LogP contribution is 2.06. The number of ether oxygens (including phenoxy) is 1. The second-order valence-electron chi connectivity index (χ2n) is 2.87. The van der Waals surface area contributed by atoms with E-state index >= 15 is 0 Å². The number of fused-ring (bicyclic) bond motifs is 1. The van der Waals surface area contributed by atoms with Gasteiger partial charge < -0.3 is 4.74 Å². The lowest BCUT2D eigenvalue weighted by Gasteiger charge is -1.89. The van der Waals surface area contributed by atoms with Crippen LogP contribution in [0.2, 0.25) is 0 Å². The highest BCUT2D eigenvalue weighted by Gasteiger charge is 2.02. The lowest BCUT2D eigenvalue weighted by molar-refractivity contribution is -0.518. The molecule has 0 saturated carbocycles. The standard InChI is InChI=1S/C11H11NO/c1-12-10-7-5-3-4-6-9(10)8-11(12)13-2/h3-8H,1H2,2H3. The summed E-state index contributed by atoms with van der Waals surface area (Å²) in [6, 6.07) is 1.97. The van der Waals surface area contributed by atoms with Crippen molar-refractivity contribution < 1.29 is 8.98 Å². The number of hydrogen-bond donors (Lipinski definition) is 0. The van der Waals surface area contributed by atoms with Gasteiger partial charge in [-0.3, -0.25) is 4.24 Å². The van der Waals surface area contributed by atoms with Gasteiger partial charge in [0.05, 0.1) is 13.8 Å². The van der Waals surface area contributed by atoms with Crippen LogP contribution in [0.1, 0.15) is 5.56 Å². The third-order valence-electron chi connectivity index (χ3n) is 2.09. The molecule has 13 heavy (non-hydrogen) atoms. The Hall–Kier alpha value is -1.70. The van der Waals surface area contributed by atoms with Crippen molar-refractivity contribution in [2.45, 2.75) is 0 Å². The van der Waals surface area contributed by atoms with E-state index in [-0.39, 0.29) is 0 Å². The maximum absolute atomic E-state index is 5.16. The second-order valence-corrected chi connectivity index (χ2v) is 2.87. The van der Waals surface area contributed by atoms with Gasteiger partial charge in [-0.1, -0.05) is 29.9 Å². The minimum Gasteiger partial charge on any atom is -0.491 e. The Kier molecular flexibility index (Phi) is 1.81. The average molecular weight is 173 g/mol. The predicted octanol–water partition coefficient (Wildman–Crippen LogP) is 0.705. The van der Waals surface area contributed by atoms with Crippen LogP contribution in [0.4, 0.5) is 0 Å². The van der Waals surface area contributed by atoms with Gasteiger partial charge in [-0.15, -0.1) is 0 Å². The summed E-state index contributed by atoms with van der Waals surface area (Å²) in [5.74, 6) is 0.779. The molecule has 0 N–H and O–H groups in total. The minimum atomic E-state index is 0.779. The zero-order chi connectivity index (χ0) is 9.26. The first-order chi connectivity index (χ1) is 6.33. The maximum Gasteiger partial charge on any atom is 0.281 e. The van der Waals surface area contributed by atoms with E-state index in [4.69, 9.17) is 4.74 Å². The SMILES string of the molecule is C=[n+]1c2c(c[c-]1OC)C=CC=CC=2. The summed E-state index contributed by atoms with van der Waals surface area (Å²) in [4.78, 5) is 0. The molecule has 0 amide bonds. The Morgan fingerprint density at radius 2 is 2.23 bits per heavy atom. The molecular weight excluding hydrogens is 162 g/mol. The van der Waals surface area contributed by atoms with Crippen LogP contribution in [-0.4, -0.2) is 7.11 Å². The van der Waals surface area contributed by atoms with Gasteiger partial charge in [0, 0.05) is 0 Å². The molecule has 1 aliphatic rings. The minimum absolute atomic E-state index is 0.779. The summed E-state index contributed by atoms with van der Waals surface area (Å²) in [6.45, 7) is 3.90. The lowest BCUT2D eigenvalue weighted by atomic mass is 10.3. The quantitative estimate of drug-likeness (QED) is 0.451. The zero-order valence-corrected chi connectivity index (χ0v) is 7.53. The van der Waals surface area contributed by atoms with Gasteiger partial charge in [-0.2, -0.15) is 0 Å². The fourth-order valence-electron chi connectivity index (χ4n) is 1.42. The highest BCUT2D eigenvalue weighted by molar-refractivity contribution is 5.57. The Morgan fingerprint density at radius 3 is 3.00 bits per heavy atom. The molecule has 1 aliphatic carbocycles. The van der Waals surface area contributed by atoms with E-state index in [1.165, 1.54) is 0 Å². The Bertz CT molecular complexity index is 477. The molecule has 0 spiro atoms. The van der Waals surface area contributed by atoms with Crippen LogP contribution in [0.15, 0.2) is 24.3 Å². The van der Waals surface area contributed by atoms with Crippen LogP contribution in [0, 0.1) is 6.72 Å². The molecule has 2 nitrogen and oxygen atoms in total. The Balaban J connectivity index is 2.78.